The van der Waals surface area contributed by atoms with Crippen LogP contribution in [0.5, 0.6) is 0 Å². The number of aryl methyl sites for hydroxylation is 1. The lowest BCUT2D eigenvalue weighted by atomic mass is 10.2. The van der Waals surface area contributed by atoms with Gasteiger partial charge in [-0.1, -0.05) is 17.7 Å². The Hall–Kier alpha value is -3.16. The quantitative estimate of drug-likeness (QED) is 0.749. The molecule has 0 saturated carbocycles. The zero-order chi connectivity index (χ0) is 17.3. The number of nitrogens with zero attached hydrogens (tertiary/aromatic N) is 3. The lowest BCUT2D eigenvalue weighted by Gasteiger charge is -2.05. The molecule has 0 aliphatic heterocycles. The van der Waals surface area contributed by atoms with Crippen molar-refractivity contribution < 1.29 is 18.0 Å². The maximum atomic E-state index is 13.6. The number of halogens is 3. The van der Waals surface area contributed by atoms with Crippen molar-refractivity contribution in [1.82, 2.24) is 14.8 Å². The molecule has 0 aliphatic carbocycles. The van der Waals surface area contributed by atoms with Gasteiger partial charge in [0.05, 0.1) is 11.4 Å². The van der Waals surface area contributed by atoms with E-state index in [1.807, 2.05) is 19.1 Å². The average molecular weight is 332 g/mol. The van der Waals surface area contributed by atoms with Crippen molar-refractivity contribution in [2.24, 2.45) is 0 Å². The van der Waals surface area contributed by atoms with Crippen LogP contribution in [0.4, 0.5) is 18.9 Å². The van der Waals surface area contributed by atoms with Crippen molar-refractivity contribution >= 4 is 11.6 Å². The fourth-order valence-electron chi connectivity index (χ4n) is 1.99. The number of anilines is 1. The molecule has 1 aromatic heterocycles. The monoisotopic (exact) mass is 332 g/mol. The molecule has 0 unspecified atom stereocenters. The van der Waals surface area contributed by atoms with E-state index in [1.54, 1.807) is 12.1 Å². The molecule has 0 saturated heterocycles. The highest BCUT2D eigenvalue weighted by Gasteiger charge is 2.18. The van der Waals surface area contributed by atoms with Gasteiger partial charge in [0, 0.05) is 0 Å². The van der Waals surface area contributed by atoms with Crippen LogP contribution >= 0.6 is 0 Å². The molecular formula is C16H11F3N4O. The summed E-state index contributed by atoms with van der Waals surface area (Å²) in [5, 5.41) is 6.09. The third-order valence-electron chi connectivity index (χ3n) is 3.28. The van der Waals surface area contributed by atoms with E-state index in [1.165, 1.54) is 11.0 Å². The second kappa shape index (κ2) is 6.15. The van der Waals surface area contributed by atoms with Crippen molar-refractivity contribution in [2.45, 2.75) is 6.92 Å². The van der Waals surface area contributed by atoms with Crippen LogP contribution in [0.15, 0.2) is 42.7 Å². The third-order valence-corrected chi connectivity index (χ3v) is 3.28. The van der Waals surface area contributed by atoms with Gasteiger partial charge in [-0.3, -0.25) is 4.79 Å². The van der Waals surface area contributed by atoms with Gasteiger partial charge >= 0.3 is 0 Å². The topological polar surface area (TPSA) is 59.8 Å². The SMILES string of the molecule is Cc1ccc(-n2cnc(C(=O)Nc3ccc(F)c(F)c3F)n2)cc1. The molecule has 3 aromatic rings. The highest BCUT2D eigenvalue weighted by atomic mass is 19.2. The molecule has 0 bridgehead atoms. The number of carbonyl (C=O) groups is 1. The van der Waals surface area contributed by atoms with Gasteiger partial charge in [-0.15, -0.1) is 5.10 Å². The summed E-state index contributed by atoms with van der Waals surface area (Å²) in [6.45, 7) is 1.93. The van der Waals surface area contributed by atoms with Gasteiger partial charge in [-0.05, 0) is 31.2 Å². The second-order valence-corrected chi connectivity index (χ2v) is 5.03. The minimum atomic E-state index is -1.66. The van der Waals surface area contributed by atoms with E-state index < -0.39 is 29.0 Å². The Labute approximate surface area is 134 Å². The van der Waals surface area contributed by atoms with Crippen LogP contribution in [0.25, 0.3) is 5.69 Å². The van der Waals surface area contributed by atoms with Gasteiger partial charge < -0.3 is 5.32 Å². The van der Waals surface area contributed by atoms with Crippen LogP contribution in [0.2, 0.25) is 0 Å². The molecule has 1 amide bonds. The van der Waals surface area contributed by atoms with Gasteiger partial charge in [0.1, 0.15) is 6.33 Å². The molecule has 3 rings (SSSR count). The number of amides is 1. The Morgan fingerprint density at radius 3 is 2.46 bits per heavy atom. The van der Waals surface area contributed by atoms with Gasteiger partial charge in [0.15, 0.2) is 17.5 Å². The number of benzene rings is 2. The minimum absolute atomic E-state index is 0.236. The summed E-state index contributed by atoms with van der Waals surface area (Å²) in [7, 11) is 0. The lowest BCUT2D eigenvalue weighted by molar-refractivity contribution is 0.101. The van der Waals surface area contributed by atoms with Crippen molar-refractivity contribution in [3.63, 3.8) is 0 Å². The van der Waals surface area contributed by atoms with Gasteiger partial charge in [0.25, 0.3) is 5.91 Å². The highest BCUT2D eigenvalue weighted by Crippen LogP contribution is 2.20. The molecule has 0 radical (unpaired) electrons. The summed E-state index contributed by atoms with van der Waals surface area (Å²) < 4.78 is 41.0. The molecule has 0 aliphatic rings. The van der Waals surface area contributed by atoms with Crippen LogP contribution in [0.1, 0.15) is 16.2 Å². The molecule has 5 nitrogen and oxygen atoms in total. The lowest BCUT2D eigenvalue weighted by Crippen LogP contribution is -2.16. The first kappa shape index (κ1) is 15.7. The Balaban J connectivity index is 1.82. The minimum Gasteiger partial charge on any atom is -0.317 e. The molecule has 24 heavy (non-hydrogen) atoms. The highest BCUT2D eigenvalue weighted by molar-refractivity contribution is 6.01. The molecule has 1 N–H and O–H groups in total. The first-order valence-electron chi connectivity index (χ1n) is 6.89. The van der Waals surface area contributed by atoms with Crippen LogP contribution < -0.4 is 5.32 Å². The summed E-state index contributed by atoms with van der Waals surface area (Å²) >= 11 is 0. The van der Waals surface area contributed by atoms with Crippen LogP contribution in [-0.2, 0) is 0 Å². The van der Waals surface area contributed by atoms with Crippen LogP contribution in [0, 0.1) is 24.4 Å². The van der Waals surface area contributed by atoms with E-state index in [2.05, 4.69) is 15.4 Å². The molecule has 0 atom stereocenters. The number of hydrogen-bond acceptors (Lipinski definition) is 3. The van der Waals surface area contributed by atoms with Crippen molar-refractivity contribution in [2.75, 3.05) is 5.32 Å². The molecule has 0 fully saturated rings. The molecule has 122 valence electrons. The summed E-state index contributed by atoms with van der Waals surface area (Å²) in [5.74, 6) is -5.56. The number of rotatable bonds is 3. The number of aromatic nitrogens is 3. The number of nitrogens with one attached hydrogen (secondary N) is 1. The summed E-state index contributed by atoms with van der Waals surface area (Å²) in [5.41, 5.74) is 1.25. The summed E-state index contributed by atoms with van der Waals surface area (Å²) in [6.07, 6.45) is 1.32. The van der Waals surface area contributed by atoms with Crippen molar-refractivity contribution in [3.05, 3.63) is 71.6 Å². The Morgan fingerprint density at radius 2 is 1.75 bits per heavy atom. The maximum absolute atomic E-state index is 13.6. The van der Waals surface area contributed by atoms with E-state index in [9.17, 15) is 18.0 Å². The number of carbonyl (C=O) groups excluding carboxylic acids is 1. The fourth-order valence-corrected chi connectivity index (χ4v) is 1.99. The molecular weight excluding hydrogens is 321 g/mol. The van der Waals surface area contributed by atoms with Crippen LogP contribution in [-0.4, -0.2) is 20.7 Å². The smallest absolute Gasteiger partial charge is 0.295 e. The first-order valence-corrected chi connectivity index (χ1v) is 6.89. The predicted molar refractivity (Wildman–Crippen MR) is 80.4 cm³/mol. The fraction of sp³-hybridized carbons (Fsp3) is 0.0625. The van der Waals surface area contributed by atoms with Crippen molar-refractivity contribution in [1.29, 1.82) is 0 Å². The normalized spacial score (nSPS) is 10.7. The zero-order valence-corrected chi connectivity index (χ0v) is 12.4. The van der Waals surface area contributed by atoms with E-state index >= 15 is 0 Å². The Morgan fingerprint density at radius 1 is 1.04 bits per heavy atom. The van der Waals surface area contributed by atoms with Gasteiger partial charge in [0.2, 0.25) is 5.82 Å². The second-order valence-electron chi connectivity index (χ2n) is 5.03. The molecule has 8 heteroatoms. The Kier molecular flexibility index (Phi) is 4.03. The predicted octanol–water partition coefficient (Wildman–Crippen LogP) is 3.25. The van der Waals surface area contributed by atoms with Crippen molar-refractivity contribution in [3.8, 4) is 5.69 Å². The van der Waals surface area contributed by atoms with Gasteiger partial charge in [-0.25, -0.2) is 22.8 Å². The van der Waals surface area contributed by atoms with E-state index in [-0.39, 0.29) is 5.82 Å². The van der Waals surface area contributed by atoms with E-state index in [4.69, 9.17) is 0 Å². The van der Waals surface area contributed by atoms with E-state index in [0.29, 0.717) is 11.8 Å². The third kappa shape index (κ3) is 2.98. The molecule has 1 heterocycles. The Bertz CT molecular complexity index is 906. The van der Waals surface area contributed by atoms with Crippen LogP contribution in [0.3, 0.4) is 0 Å². The largest absolute Gasteiger partial charge is 0.317 e. The standard InChI is InChI=1S/C16H11F3N4O/c1-9-2-4-10(5-3-9)23-8-20-15(22-23)16(24)21-12-7-6-11(17)13(18)14(12)19/h2-8H,1H3,(H,21,24). The molecule has 0 spiro atoms. The average Bonchev–Trinajstić information content (AvgIpc) is 3.06. The summed E-state index contributed by atoms with van der Waals surface area (Å²) in [4.78, 5) is 15.9. The number of hydrogen-bond donors (Lipinski definition) is 1. The first-order chi connectivity index (χ1) is 11.5. The van der Waals surface area contributed by atoms with Gasteiger partial charge in [-0.2, -0.15) is 0 Å². The summed E-state index contributed by atoms with van der Waals surface area (Å²) in [6, 6.07) is 8.96. The molecule has 2 aromatic carbocycles. The van der Waals surface area contributed by atoms with E-state index in [0.717, 1.165) is 11.6 Å². The maximum Gasteiger partial charge on any atom is 0.295 e. The zero-order valence-electron chi connectivity index (χ0n) is 12.4.